The number of hydrogen-bond donors (Lipinski definition) is 0. The molecule has 7 heavy (non-hydrogen) atoms. The zero-order valence-electron chi connectivity index (χ0n) is 6.62. The van der Waals surface area contributed by atoms with Crippen molar-refractivity contribution < 1.29 is 1.37 Å². The minimum atomic E-state index is 0.292. The topological polar surface area (TPSA) is 0 Å². The molecule has 0 aromatic rings. The Morgan fingerprint density at radius 1 is 1.43 bits per heavy atom. The normalized spacial score (nSPS) is 13.9. The first-order chi connectivity index (χ1) is 3.68. The van der Waals surface area contributed by atoms with Gasteiger partial charge in [0.1, 0.15) is 0 Å². The van der Waals surface area contributed by atoms with Gasteiger partial charge in [0.2, 0.25) is 0 Å². The average molecular weight is 102 g/mol. The van der Waals surface area contributed by atoms with Crippen molar-refractivity contribution in [2.24, 2.45) is 5.41 Å². The molecule has 0 rings (SSSR count). The van der Waals surface area contributed by atoms with E-state index in [1.807, 2.05) is 0 Å². The molecule has 0 saturated heterocycles. The molecule has 0 fully saturated rings. The highest BCUT2D eigenvalue weighted by Gasteiger charge is 2.09. The fourth-order valence-corrected chi connectivity index (χ4v) is 0.250. The van der Waals surface area contributed by atoms with Crippen LogP contribution in [0.4, 0.5) is 0 Å². The molecule has 0 saturated carbocycles. The Labute approximate surface area is 48.3 Å². The van der Waals surface area contributed by atoms with Crippen LogP contribution in [-0.2, 0) is 0 Å². The van der Waals surface area contributed by atoms with Crippen molar-refractivity contribution in [2.75, 3.05) is 0 Å². The summed E-state index contributed by atoms with van der Waals surface area (Å²) in [6.07, 6.45) is 2.26. The largest absolute Gasteiger partial charge is 0.0649 e. The van der Waals surface area contributed by atoms with Gasteiger partial charge in [-0.25, -0.2) is 0 Å². The summed E-state index contributed by atoms with van der Waals surface area (Å²) in [6.45, 7) is 7.04. The third-order valence-electron chi connectivity index (χ3n) is 1.71. The van der Waals surface area contributed by atoms with E-state index in [-0.39, 0.29) is 0 Å². The van der Waals surface area contributed by atoms with Crippen molar-refractivity contribution in [3.05, 3.63) is 0 Å². The standard InChI is InChI=1S/C7H16/c1-5-7(3,4)6-2/h5-6H2,1-4H3/i3T. The molecule has 0 aliphatic rings. The Bertz CT molecular complexity index is 47.1. The molecule has 0 radical (unpaired) electrons. The fourth-order valence-electron chi connectivity index (χ4n) is 0.250. The molecule has 0 aliphatic carbocycles. The van der Waals surface area contributed by atoms with Gasteiger partial charge < -0.3 is 0 Å². The molecule has 0 amide bonds. The molecule has 0 unspecified atom stereocenters. The van der Waals surface area contributed by atoms with Gasteiger partial charge in [0.05, 0.1) is 0 Å². The Kier molecular flexibility index (Phi) is 1.72. The second-order valence-electron chi connectivity index (χ2n) is 2.52. The molecule has 0 heteroatoms. The first-order valence-electron chi connectivity index (χ1n) is 3.68. The molecule has 0 bridgehead atoms. The number of rotatable bonds is 2. The predicted molar refractivity (Wildman–Crippen MR) is 34.4 cm³/mol. The maximum atomic E-state index is 7.16. The molecule has 0 nitrogen and oxygen atoms in total. The predicted octanol–water partition coefficient (Wildman–Crippen LogP) is 2.83. The minimum absolute atomic E-state index is 0.292. The summed E-state index contributed by atoms with van der Waals surface area (Å²) in [6, 6.07) is 0. The molecule has 0 N–H and O–H groups in total. The molecule has 44 valence electrons. The summed E-state index contributed by atoms with van der Waals surface area (Å²) in [5, 5.41) is 0. The Balaban J connectivity index is 3.58. The summed E-state index contributed by atoms with van der Waals surface area (Å²) in [5.41, 5.74) is 0.292. The first-order valence-corrected chi connectivity index (χ1v) is 2.97. The minimum Gasteiger partial charge on any atom is -0.0649 e. The van der Waals surface area contributed by atoms with Crippen LogP contribution in [0.5, 0.6) is 0 Å². The molecular formula is C7H16. The van der Waals surface area contributed by atoms with Gasteiger partial charge in [0, 0.05) is 1.37 Å². The van der Waals surface area contributed by atoms with Crippen molar-refractivity contribution in [1.82, 2.24) is 0 Å². The highest BCUT2D eigenvalue weighted by Crippen LogP contribution is 2.22. The lowest BCUT2D eigenvalue weighted by atomic mass is 9.88. The average Bonchev–Trinajstić information content (AvgIpc) is 1.87. The highest BCUT2D eigenvalue weighted by atomic mass is 14.1. The van der Waals surface area contributed by atoms with Crippen molar-refractivity contribution in [3.63, 3.8) is 0 Å². The zero-order chi connectivity index (χ0) is 6.62. The first kappa shape index (κ1) is 5.14. The maximum absolute atomic E-state index is 7.16. The lowest BCUT2D eigenvalue weighted by Crippen LogP contribution is -2.05. The van der Waals surface area contributed by atoms with E-state index in [0.717, 1.165) is 12.8 Å². The number of hydrogen-bond acceptors (Lipinski definition) is 0. The molecule has 0 aromatic heterocycles. The molecule has 0 aromatic carbocycles. The van der Waals surface area contributed by atoms with E-state index in [4.69, 9.17) is 1.37 Å². The second-order valence-corrected chi connectivity index (χ2v) is 2.52. The van der Waals surface area contributed by atoms with E-state index in [1.54, 1.807) is 0 Å². The molecular weight excluding hydrogens is 84.1 g/mol. The van der Waals surface area contributed by atoms with Gasteiger partial charge in [-0.1, -0.05) is 40.5 Å². The zero-order valence-corrected chi connectivity index (χ0v) is 5.62. The maximum Gasteiger partial charge on any atom is 0.0236 e. The van der Waals surface area contributed by atoms with Gasteiger partial charge in [-0.3, -0.25) is 0 Å². The summed E-state index contributed by atoms with van der Waals surface area (Å²) in [5.74, 6) is 0. The van der Waals surface area contributed by atoms with Crippen molar-refractivity contribution in [2.45, 2.75) is 40.5 Å². The lowest BCUT2D eigenvalue weighted by Gasteiger charge is -2.18. The van der Waals surface area contributed by atoms with Gasteiger partial charge in [-0.05, 0) is 5.41 Å². The molecule has 0 aliphatic heterocycles. The van der Waals surface area contributed by atoms with Crippen LogP contribution in [0.3, 0.4) is 0 Å². The molecule has 0 spiro atoms. The van der Waals surface area contributed by atoms with Crippen molar-refractivity contribution in [1.29, 1.82) is 0 Å². The quantitative estimate of drug-likeness (QED) is 0.503. The summed E-state index contributed by atoms with van der Waals surface area (Å²) in [7, 11) is 0. The van der Waals surface area contributed by atoms with Gasteiger partial charge in [-0.15, -0.1) is 0 Å². The van der Waals surface area contributed by atoms with Gasteiger partial charge in [-0.2, -0.15) is 0 Å². The van der Waals surface area contributed by atoms with Gasteiger partial charge >= 0.3 is 0 Å². The smallest absolute Gasteiger partial charge is 0.0236 e. The van der Waals surface area contributed by atoms with Gasteiger partial charge in [0.15, 0.2) is 0 Å². The Hall–Kier alpha value is 0. The summed E-state index contributed by atoms with van der Waals surface area (Å²) >= 11 is 0. The van der Waals surface area contributed by atoms with E-state index >= 15 is 0 Å². The van der Waals surface area contributed by atoms with Crippen LogP contribution >= 0.6 is 0 Å². The third kappa shape index (κ3) is 2.67. The monoisotopic (exact) mass is 102 g/mol. The third-order valence-corrected chi connectivity index (χ3v) is 1.71. The molecule has 0 heterocycles. The van der Waals surface area contributed by atoms with Crippen LogP contribution in [0.25, 0.3) is 0 Å². The van der Waals surface area contributed by atoms with E-state index < -0.39 is 0 Å². The highest BCUT2D eigenvalue weighted by molar-refractivity contribution is 4.61. The van der Waals surface area contributed by atoms with Crippen molar-refractivity contribution >= 4 is 0 Å². The van der Waals surface area contributed by atoms with Crippen LogP contribution in [0.15, 0.2) is 0 Å². The lowest BCUT2D eigenvalue weighted by molar-refractivity contribution is 0.338. The van der Waals surface area contributed by atoms with Crippen LogP contribution in [-0.4, -0.2) is 0 Å². The van der Waals surface area contributed by atoms with Crippen LogP contribution in [0.1, 0.15) is 41.9 Å². The second kappa shape index (κ2) is 2.34. The van der Waals surface area contributed by atoms with Gasteiger partial charge in [0.25, 0.3) is 0 Å². The fraction of sp³-hybridized carbons (Fsp3) is 1.00. The van der Waals surface area contributed by atoms with Crippen LogP contribution < -0.4 is 0 Å². The van der Waals surface area contributed by atoms with E-state index in [9.17, 15) is 0 Å². The van der Waals surface area contributed by atoms with E-state index in [2.05, 4.69) is 20.8 Å². The SMILES string of the molecule is [3H]CC(C)(CC)CC. The molecule has 0 atom stereocenters. The van der Waals surface area contributed by atoms with E-state index in [1.165, 1.54) is 0 Å². The van der Waals surface area contributed by atoms with E-state index in [0.29, 0.717) is 12.3 Å². The van der Waals surface area contributed by atoms with Crippen LogP contribution in [0.2, 0.25) is 0 Å². The Morgan fingerprint density at radius 2 is 1.86 bits per heavy atom. The van der Waals surface area contributed by atoms with Crippen LogP contribution in [0, 0.1) is 5.41 Å². The summed E-state index contributed by atoms with van der Waals surface area (Å²) < 4.78 is 7.16. The summed E-state index contributed by atoms with van der Waals surface area (Å²) in [4.78, 5) is 0. The van der Waals surface area contributed by atoms with Crippen molar-refractivity contribution in [3.8, 4) is 0 Å². The Morgan fingerprint density at radius 3 is 1.86 bits per heavy atom.